The number of hydrogen-bond donors (Lipinski definition) is 2. The molecule has 0 amide bonds. The number of aliphatic hydroxyl groups excluding tert-OH is 1. The largest absolute Gasteiger partial charge is 0.396 e. The number of fused-ring (bicyclic) bond motifs is 3. The fourth-order valence-corrected chi connectivity index (χ4v) is 2.68. The maximum atomic E-state index is 9.10. The van der Waals surface area contributed by atoms with Crippen molar-refractivity contribution in [1.82, 2.24) is 0 Å². The van der Waals surface area contributed by atoms with Crippen LogP contribution in [0.5, 0.6) is 0 Å². The van der Waals surface area contributed by atoms with E-state index in [0.29, 0.717) is 6.42 Å². The fourth-order valence-electron chi connectivity index (χ4n) is 2.68. The lowest BCUT2D eigenvalue weighted by molar-refractivity contribution is 0.277. The van der Waals surface area contributed by atoms with Gasteiger partial charge >= 0.3 is 0 Å². The Hall–Kier alpha value is -1.61. The van der Waals surface area contributed by atoms with Crippen LogP contribution in [0.15, 0.2) is 54.6 Å². The molecule has 0 unspecified atom stereocenters. The molecule has 0 bridgehead atoms. The van der Waals surface area contributed by atoms with Gasteiger partial charge in [0.05, 0.1) is 0 Å². The summed E-state index contributed by atoms with van der Waals surface area (Å²) in [6.45, 7) is 0.113. The highest BCUT2D eigenvalue weighted by molar-refractivity contribution is 6.09. The van der Waals surface area contributed by atoms with E-state index in [2.05, 4.69) is 42.5 Å². The zero-order valence-electron chi connectivity index (χ0n) is 11.1. The van der Waals surface area contributed by atoms with Crippen LogP contribution in [0, 0.1) is 0 Å². The monoisotopic (exact) mass is 287 g/mol. The highest BCUT2D eigenvalue weighted by atomic mass is 35.5. The minimum atomic E-state index is -0.125. The lowest BCUT2D eigenvalue weighted by Crippen LogP contribution is -2.12. The van der Waals surface area contributed by atoms with Crippen LogP contribution >= 0.6 is 12.4 Å². The van der Waals surface area contributed by atoms with E-state index >= 15 is 0 Å². The van der Waals surface area contributed by atoms with E-state index in [9.17, 15) is 0 Å². The molecule has 2 nitrogen and oxygen atoms in total. The van der Waals surface area contributed by atoms with E-state index < -0.39 is 0 Å². The molecule has 104 valence electrons. The maximum Gasteiger partial charge on any atom is 0.0449 e. The molecule has 0 fully saturated rings. The van der Waals surface area contributed by atoms with Crippen LogP contribution in [0.25, 0.3) is 21.5 Å². The number of rotatable bonds is 3. The summed E-state index contributed by atoms with van der Waals surface area (Å²) in [4.78, 5) is 0. The van der Waals surface area contributed by atoms with Crippen LogP contribution in [0.3, 0.4) is 0 Å². The van der Waals surface area contributed by atoms with Gasteiger partial charge in [0, 0.05) is 12.6 Å². The van der Waals surface area contributed by atoms with Crippen LogP contribution in [0.1, 0.15) is 18.0 Å². The van der Waals surface area contributed by atoms with Crippen LogP contribution < -0.4 is 5.73 Å². The average molecular weight is 288 g/mol. The van der Waals surface area contributed by atoms with E-state index in [1.165, 1.54) is 21.5 Å². The molecule has 20 heavy (non-hydrogen) atoms. The molecule has 0 heterocycles. The van der Waals surface area contributed by atoms with Gasteiger partial charge in [-0.15, -0.1) is 12.4 Å². The Labute approximate surface area is 124 Å². The van der Waals surface area contributed by atoms with Crippen molar-refractivity contribution in [3.63, 3.8) is 0 Å². The normalized spacial score (nSPS) is 12.3. The highest BCUT2D eigenvalue weighted by Gasteiger charge is 2.11. The summed E-state index contributed by atoms with van der Waals surface area (Å²) >= 11 is 0. The first-order valence-electron chi connectivity index (χ1n) is 6.58. The van der Waals surface area contributed by atoms with E-state index in [-0.39, 0.29) is 25.1 Å². The van der Waals surface area contributed by atoms with Crippen molar-refractivity contribution in [2.45, 2.75) is 12.5 Å². The Morgan fingerprint density at radius 2 is 1.50 bits per heavy atom. The predicted octanol–water partition coefficient (Wildman–Crippen LogP) is 3.80. The van der Waals surface area contributed by atoms with Gasteiger partial charge in [-0.05, 0) is 39.6 Å². The second kappa shape index (κ2) is 6.23. The third-order valence-electron chi connectivity index (χ3n) is 3.64. The summed E-state index contributed by atoms with van der Waals surface area (Å²) in [5.41, 5.74) is 7.32. The summed E-state index contributed by atoms with van der Waals surface area (Å²) < 4.78 is 0. The van der Waals surface area contributed by atoms with Gasteiger partial charge in [-0.25, -0.2) is 0 Å². The van der Waals surface area contributed by atoms with Gasteiger partial charge in [0.25, 0.3) is 0 Å². The van der Waals surface area contributed by atoms with E-state index in [1.807, 2.05) is 12.1 Å². The molecule has 0 saturated carbocycles. The van der Waals surface area contributed by atoms with Gasteiger partial charge in [0.15, 0.2) is 0 Å². The lowest BCUT2D eigenvalue weighted by atomic mass is 9.93. The van der Waals surface area contributed by atoms with Crippen LogP contribution in [-0.2, 0) is 0 Å². The molecule has 0 aromatic heterocycles. The lowest BCUT2D eigenvalue weighted by Gasteiger charge is -2.15. The summed E-state index contributed by atoms with van der Waals surface area (Å²) in [6.07, 6.45) is 0.586. The van der Waals surface area contributed by atoms with Crippen molar-refractivity contribution in [3.8, 4) is 0 Å². The number of aliphatic hydroxyl groups is 1. The Morgan fingerprint density at radius 1 is 0.900 bits per heavy atom. The first kappa shape index (κ1) is 14.8. The van der Waals surface area contributed by atoms with Gasteiger partial charge in [-0.1, -0.05) is 48.5 Å². The summed E-state index contributed by atoms with van der Waals surface area (Å²) in [5.74, 6) is 0. The van der Waals surface area contributed by atoms with Crippen LogP contribution in [0.4, 0.5) is 0 Å². The second-order valence-corrected chi connectivity index (χ2v) is 4.85. The minimum absolute atomic E-state index is 0. The van der Waals surface area contributed by atoms with Crippen molar-refractivity contribution in [3.05, 3.63) is 60.2 Å². The molecule has 3 aromatic rings. The molecule has 0 aliphatic rings. The molecule has 0 saturated heterocycles. The SMILES string of the molecule is Cl.N[C@@H](CCO)c1cc2ccccc2c2ccccc12. The molecule has 1 atom stereocenters. The summed E-state index contributed by atoms with van der Waals surface area (Å²) in [6, 6.07) is 18.7. The standard InChI is InChI=1S/C17H17NO.ClH/c18-17(9-10-19)16-11-12-5-1-2-6-13(12)14-7-3-4-8-15(14)16;/h1-8,11,17,19H,9-10,18H2;1H/t17-;/m0./s1. The first-order chi connectivity index (χ1) is 9.31. The van der Waals surface area contributed by atoms with Gasteiger partial charge in [-0.3, -0.25) is 0 Å². The highest BCUT2D eigenvalue weighted by Crippen LogP contribution is 2.31. The van der Waals surface area contributed by atoms with Crippen molar-refractivity contribution in [2.24, 2.45) is 5.73 Å². The molecule has 3 N–H and O–H groups in total. The topological polar surface area (TPSA) is 46.2 Å². The van der Waals surface area contributed by atoms with E-state index in [1.54, 1.807) is 0 Å². The Morgan fingerprint density at radius 3 is 2.20 bits per heavy atom. The molecule has 3 aromatic carbocycles. The average Bonchev–Trinajstić information content (AvgIpc) is 2.46. The van der Waals surface area contributed by atoms with Gasteiger partial charge in [-0.2, -0.15) is 0 Å². The quantitative estimate of drug-likeness (QED) is 0.720. The van der Waals surface area contributed by atoms with Gasteiger partial charge < -0.3 is 10.8 Å². The Kier molecular flexibility index (Phi) is 4.61. The van der Waals surface area contributed by atoms with Crippen molar-refractivity contribution < 1.29 is 5.11 Å². The zero-order chi connectivity index (χ0) is 13.2. The molecule has 3 rings (SSSR count). The summed E-state index contributed by atoms with van der Waals surface area (Å²) in [5, 5.41) is 14.0. The minimum Gasteiger partial charge on any atom is -0.396 e. The zero-order valence-corrected chi connectivity index (χ0v) is 11.9. The van der Waals surface area contributed by atoms with Crippen molar-refractivity contribution >= 4 is 34.0 Å². The third-order valence-corrected chi connectivity index (χ3v) is 3.64. The Bertz CT molecular complexity index is 726. The van der Waals surface area contributed by atoms with Gasteiger partial charge in [0.2, 0.25) is 0 Å². The first-order valence-corrected chi connectivity index (χ1v) is 6.58. The summed E-state index contributed by atoms with van der Waals surface area (Å²) in [7, 11) is 0. The second-order valence-electron chi connectivity index (χ2n) is 4.85. The van der Waals surface area contributed by atoms with Crippen LogP contribution in [-0.4, -0.2) is 11.7 Å². The number of nitrogens with two attached hydrogens (primary N) is 1. The molecule has 0 spiro atoms. The fraction of sp³-hybridized carbons (Fsp3) is 0.176. The number of benzene rings is 3. The van der Waals surface area contributed by atoms with E-state index in [4.69, 9.17) is 10.8 Å². The molecule has 0 aliphatic heterocycles. The van der Waals surface area contributed by atoms with Gasteiger partial charge in [0.1, 0.15) is 0 Å². The molecular weight excluding hydrogens is 270 g/mol. The van der Waals surface area contributed by atoms with Crippen LogP contribution in [0.2, 0.25) is 0 Å². The third kappa shape index (κ3) is 2.50. The Balaban J connectivity index is 0.00000147. The molecule has 0 aliphatic carbocycles. The smallest absolute Gasteiger partial charge is 0.0449 e. The van der Waals surface area contributed by atoms with E-state index in [0.717, 1.165) is 5.56 Å². The van der Waals surface area contributed by atoms with Crippen molar-refractivity contribution in [1.29, 1.82) is 0 Å². The number of halogens is 1. The molecule has 0 radical (unpaired) electrons. The molecular formula is C17H18ClNO. The van der Waals surface area contributed by atoms with Crippen molar-refractivity contribution in [2.75, 3.05) is 6.61 Å². The number of hydrogen-bond acceptors (Lipinski definition) is 2. The molecule has 3 heteroatoms. The predicted molar refractivity (Wildman–Crippen MR) is 87.3 cm³/mol. The maximum absolute atomic E-state index is 9.10.